The van der Waals surface area contributed by atoms with Crippen LogP contribution in [0.25, 0.3) is 112 Å². The van der Waals surface area contributed by atoms with Crippen molar-refractivity contribution in [3.05, 3.63) is 217 Å². The molecule has 1 aliphatic carbocycles. The Kier molecular flexibility index (Phi) is 9.05. The quantitative estimate of drug-likeness (QED) is 0.159. The number of benzene rings is 9. The minimum absolute atomic E-state index is 0.147. The van der Waals surface area contributed by atoms with E-state index in [4.69, 9.17) is 29.9 Å². The monoisotopic (exact) mass is 832 g/mol. The minimum Gasteiger partial charge on any atom is -0.208 e. The van der Waals surface area contributed by atoms with Gasteiger partial charge in [-0.25, -0.2) is 29.9 Å². The molecule has 2 heterocycles. The minimum atomic E-state index is -0.147. The van der Waals surface area contributed by atoms with Crippen molar-refractivity contribution in [3.63, 3.8) is 0 Å². The third kappa shape index (κ3) is 6.93. The van der Waals surface area contributed by atoms with Crippen LogP contribution >= 0.6 is 0 Å². The number of fused-ring (bicyclic) bond motifs is 5. The summed E-state index contributed by atoms with van der Waals surface area (Å²) < 4.78 is 0. The molecule has 11 aromatic rings. The average Bonchev–Trinajstić information content (AvgIpc) is 3.58. The van der Waals surface area contributed by atoms with E-state index in [2.05, 4.69) is 129 Å². The Morgan fingerprint density at radius 3 is 1.02 bits per heavy atom. The predicted octanol–water partition coefficient (Wildman–Crippen LogP) is 14.3. The van der Waals surface area contributed by atoms with E-state index in [0.717, 1.165) is 49.9 Å². The van der Waals surface area contributed by atoms with E-state index in [9.17, 15) is 0 Å². The molecule has 0 saturated carbocycles. The van der Waals surface area contributed by atoms with E-state index in [1.54, 1.807) is 0 Å². The Morgan fingerprint density at radius 2 is 0.569 bits per heavy atom. The number of hydrogen-bond acceptors (Lipinski definition) is 6. The topological polar surface area (TPSA) is 77.3 Å². The molecule has 0 spiro atoms. The molecule has 65 heavy (non-hydrogen) atoms. The molecule has 0 amide bonds. The molecular weight excluding hydrogens is 793 g/mol. The van der Waals surface area contributed by atoms with E-state index in [-0.39, 0.29) is 5.41 Å². The van der Waals surface area contributed by atoms with Crippen LogP contribution in [0, 0.1) is 0 Å². The molecule has 306 valence electrons. The Hall–Kier alpha value is -8.48. The fourth-order valence-electron chi connectivity index (χ4n) is 9.27. The van der Waals surface area contributed by atoms with Crippen LogP contribution < -0.4 is 0 Å². The molecule has 0 N–H and O–H groups in total. The molecule has 0 bridgehead atoms. The number of nitrogens with zero attached hydrogens (tertiary/aromatic N) is 6. The summed E-state index contributed by atoms with van der Waals surface area (Å²) in [5.41, 5.74) is 12.7. The summed E-state index contributed by atoms with van der Waals surface area (Å²) in [6.45, 7) is 4.68. The van der Waals surface area contributed by atoms with Crippen LogP contribution in [0.5, 0.6) is 0 Å². The summed E-state index contributed by atoms with van der Waals surface area (Å²) in [6.07, 6.45) is 0. The maximum atomic E-state index is 5.20. The van der Waals surface area contributed by atoms with Gasteiger partial charge in [-0.05, 0) is 97.4 Å². The molecule has 0 aliphatic heterocycles. The van der Waals surface area contributed by atoms with Crippen LogP contribution in [0.3, 0.4) is 0 Å². The molecule has 6 heteroatoms. The van der Waals surface area contributed by atoms with E-state index >= 15 is 0 Å². The van der Waals surface area contributed by atoms with Gasteiger partial charge in [0.05, 0.1) is 0 Å². The molecule has 0 unspecified atom stereocenters. The van der Waals surface area contributed by atoms with Gasteiger partial charge in [-0.3, -0.25) is 0 Å². The zero-order valence-corrected chi connectivity index (χ0v) is 35.8. The van der Waals surface area contributed by atoms with Gasteiger partial charge in [0.15, 0.2) is 34.9 Å². The highest BCUT2D eigenvalue weighted by Gasteiger charge is 2.36. The van der Waals surface area contributed by atoms with Crippen molar-refractivity contribution < 1.29 is 0 Å². The molecule has 2 aromatic heterocycles. The van der Waals surface area contributed by atoms with Crippen molar-refractivity contribution in [1.29, 1.82) is 0 Å². The second-order valence-electron chi connectivity index (χ2n) is 17.2. The summed E-state index contributed by atoms with van der Waals surface area (Å²) in [5, 5.41) is 4.87. The van der Waals surface area contributed by atoms with Gasteiger partial charge in [-0.1, -0.05) is 178 Å². The lowest BCUT2D eigenvalue weighted by Crippen LogP contribution is -2.14. The Bertz CT molecular complexity index is 3570. The normalized spacial score (nSPS) is 12.6. The van der Waals surface area contributed by atoms with Crippen LogP contribution in [0.1, 0.15) is 25.0 Å². The molecule has 0 radical (unpaired) electrons. The van der Waals surface area contributed by atoms with E-state index in [1.165, 1.54) is 38.4 Å². The van der Waals surface area contributed by atoms with Gasteiger partial charge < -0.3 is 0 Å². The first-order valence-electron chi connectivity index (χ1n) is 21.9. The fourth-order valence-corrected chi connectivity index (χ4v) is 9.27. The zero-order chi connectivity index (χ0) is 43.5. The van der Waals surface area contributed by atoms with Crippen molar-refractivity contribution in [3.8, 4) is 90.6 Å². The first-order valence-corrected chi connectivity index (χ1v) is 21.9. The number of aromatic nitrogens is 6. The number of rotatable bonds is 7. The molecule has 9 aromatic carbocycles. The lowest BCUT2D eigenvalue weighted by atomic mass is 9.81. The maximum absolute atomic E-state index is 5.20. The standard InChI is InChI=1S/C59H40N6/c1-59(2)51-35-43-23-13-12-22-42(43)33-49(51)50-34-44-28-29-47(32-48(44)36-52(50)59)58-64-55(39-20-10-5-11-21-39)63-57(65-58)46-27-15-25-41(31-46)40-24-14-26-45(30-40)56-61-53(37-16-6-3-7-17-37)60-54(62-56)38-18-8-4-9-19-38/h3-36H,1-2H3. The van der Waals surface area contributed by atoms with Crippen LogP contribution in [-0.2, 0) is 5.41 Å². The maximum Gasteiger partial charge on any atom is 0.164 e. The van der Waals surface area contributed by atoms with Crippen molar-refractivity contribution >= 4 is 21.5 Å². The van der Waals surface area contributed by atoms with Crippen molar-refractivity contribution in [1.82, 2.24) is 29.9 Å². The van der Waals surface area contributed by atoms with Gasteiger partial charge in [0, 0.05) is 38.8 Å². The summed E-state index contributed by atoms with van der Waals surface area (Å²) in [7, 11) is 0. The largest absolute Gasteiger partial charge is 0.208 e. The second-order valence-corrected chi connectivity index (χ2v) is 17.2. The highest BCUT2D eigenvalue weighted by Crippen LogP contribution is 2.51. The van der Waals surface area contributed by atoms with Gasteiger partial charge in [0.25, 0.3) is 0 Å². The van der Waals surface area contributed by atoms with Gasteiger partial charge in [0.1, 0.15) is 0 Å². The van der Waals surface area contributed by atoms with Gasteiger partial charge in [0.2, 0.25) is 0 Å². The summed E-state index contributed by atoms with van der Waals surface area (Å²) >= 11 is 0. The van der Waals surface area contributed by atoms with Gasteiger partial charge in [-0.15, -0.1) is 0 Å². The SMILES string of the molecule is CC1(C)c2cc3ccccc3cc2-c2cc3ccc(-c4nc(-c5ccccc5)nc(-c5cccc(-c6cccc(-c7nc(-c8ccccc8)nc(-c8ccccc8)n7)c6)c5)n4)cc3cc21. The lowest BCUT2D eigenvalue weighted by Gasteiger charge is -2.22. The highest BCUT2D eigenvalue weighted by molar-refractivity contribution is 5.99. The highest BCUT2D eigenvalue weighted by atomic mass is 15.0. The smallest absolute Gasteiger partial charge is 0.164 e. The van der Waals surface area contributed by atoms with E-state index < -0.39 is 0 Å². The third-order valence-corrected chi connectivity index (χ3v) is 12.7. The molecule has 0 fully saturated rings. The lowest BCUT2D eigenvalue weighted by molar-refractivity contribution is 0.662. The van der Waals surface area contributed by atoms with Crippen LogP contribution in [-0.4, -0.2) is 29.9 Å². The van der Waals surface area contributed by atoms with Crippen molar-refractivity contribution in [2.24, 2.45) is 0 Å². The predicted molar refractivity (Wildman–Crippen MR) is 264 cm³/mol. The summed E-state index contributed by atoms with van der Waals surface area (Å²) in [5.74, 6) is 3.69. The first kappa shape index (κ1) is 38.2. The van der Waals surface area contributed by atoms with Gasteiger partial charge >= 0.3 is 0 Å². The third-order valence-electron chi connectivity index (χ3n) is 12.7. The van der Waals surface area contributed by atoms with E-state index in [1.807, 2.05) is 91.0 Å². The molecule has 12 rings (SSSR count). The average molecular weight is 833 g/mol. The second kappa shape index (κ2) is 15.4. The van der Waals surface area contributed by atoms with Crippen LogP contribution in [0.2, 0.25) is 0 Å². The Morgan fingerprint density at radius 1 is 0.246 bits per heavy atom. The van der Waals surface area contributed by atoms with Crippen LogP contribution in [0.4, 0.5) is 0 Å². The zero-order valence-electron chi connectivity index (χ0n) is 35.8. The fraction of sp³-hybridized carbons (Fsp3) is 0.0508. The molecule has 0 saturated heterocycles. The van der Waals surface area contributed by atoms with E-state index in [0.29, 0.717) is 34.9 Å². The van der Waals surface area contributed by atoms with Crippen molar-refractivity contribution in [2.45, 2.75) is 19.3 Å². The molecule has 0 atom stereocenters. The molecule has 1 aliphatic rings. The molecular formula is C59H40N6. The van der Waals surface area contributed by atoms with Gasteiger partial charge in [-0.2, -0.15) is 0 Å². The first-order chi connectivity index (χ1) is 31.9. The summed E-state index contributed by atoms with van der Waals surface area (Å²) in [6, 6.07) is 71.7. The Balaban J connectivity index is 0.935. The summed E-state index contributed by atoms with van der Waals surface area (Å²) in [4.78, 5) is 30.3. The van der Waals surface area contributed by atoms with Crippen LogP contribution in [0.15, 0.2) is 206 Å². The van der Waals surface area contributed by atoms with Crippen molar-refractivity contribution in [2.75, 3.05) is 0 Å². The number of hydrogen-bond donors (Lipinski definition) is 0. The Labute approximate surface area is 377 Å². The molecule has 6 nitrogen and oxygen atoms in total.